The lowest BCUT2D eigenvalue weighted by Crippen LogP contribution is -2.11. The van der Waals surface area contributed by atoms with Gasteiger partial charge in [-0.05, 0) is 16.3 Å². The number of hydrogen-bond acceptors (Lipinski definition) is 1. The van der Waals surface area contributed by atoms with E-state index in [1.807, 2.05) is 18.2 Å². The van der Waals surface area contributed by atoms with Crippen LogP contribution < -0.4 is 5.73 Å². The Kier molecular flexibility index (Phi) is 2.46. The fourth-order valence-electron chi connectivity index (χ4n) is 1.63. The second-order valence-electron chi connectivity index (χ2n) is 3.28. The third-order valence-electron chi connectivity index (χ3n) is 2.24. The number of rotatable bonds is 2. The molecule has 0 spiro atoms. The van der Waals surface area contributed by atoms with Crippen molar-refractivity contribution >= 4 is 28.0 Å². The minimum absolute atomic E-state index is 0.543. The van der Waals surface area contributed by atoms with Gasteiger partial charge < -0.3 is 5.73 Å². The normalized spacial score (nSPS) is 10.3. The van der Waals surface area contributed by atoms with Crippen LogP contribution >= 0.6 is 12.2 Å². The molecule has 0 fully saturated rings. The monoisotopic (exact) mass is 201 g/mol. The third kappa shape index (κ3) is 1.75. The van der Waals surface area contributed by atoms with E-state index >= 15 is 0 Å². The van der Waals surface area contributed by atoms with Crippen molar-refractivity contribution in [1.29, 1.82) is 0 Å². The van der Waals surface area contributed by atoms with Crippen molar-refractivity contribution in [2.45, 2.75) is 6.42 Å². The molecule has 0 aliphatic rings. The summed E-state index contributed by atoms with van der Waals surface area (Å²) in [6.45, 7) is 0. The van der Waals surface area contributed by atoms with E-state index < -0.39 is 0 Å². The Labute approximate surface area is 88.5 Å². The van der Waals surface area contributed by atoms with Crippen molar-refractivity contribution in [3.05, 3.63) is 48.0 Å². The van der Waals surface area contributed by atoms with Gasteiger partial charge in [0.05, 0.1) is 4.99 Å². The largest absolute Gasteiger partial charge is 0.393 e. The van der Waals surface area contributed by atoms with Crippen molar-refractivity contribution in [3.8, 4) is 0 Å². The van der Waals surface area contributed by atoms with E-state index in [0.717, 1.165) is 0 Å². The molecule has 2 N–H and O–H groups in total. The minimum atomic E-state index is 0.543. The molecule has 2 heteroatoms. The molecule has 14 heavy (non-hydrogen) atoms. The lowest BCUT2D eigenvalue weighted by molar-refractivity contribution is 1.36. The van der Waals surface area contributed by atoms with E-state index in [9.17, 15) is 0 Å². The number of thiocarbonyl (C=S) groups is 1. The fourth-order valence-corrected chi connectivity index (χ4v) is 1.79. The molecule has 0 bridgehead atoms. The summed E-state index contributed by atoms with van der Waals surface area (Å²) >= 11 is 4.92. The maximum absolute atomic E-state index is 5.55. The lowest BCUT2D eigenvalue weighted by Gasteiger charge is -2.04. The number of nitrogens with two attached hydrogens (primary N) is 1. The smallest absolute Gasteiger partial charge is 0.0771 e. The molecule has 0 saturated heterocycles. The maximum Gasteiger partial charge on any atom is 0.0771 e. The predicted octanol–water partition coefficient (Wildman–Crippen LogP) is 2.67. The Bertz CT molecular complexity index is 471. The van der Waals surface area contributed by atoms with Gasteiger partial charge >= 0.3 is 0 Å². The summed E-state index contributed by atoms with van der Waals surface area (Å²) in [4.78, 5) is 0.543. The third-order valence-corrected chi connectivity index (χ3v) is 2.39. The number of fused-ring (bicyclic) bond motifs is 1. The predicted molar refractivity (Wildman–Crippen MR) is 64.4 cm³/mol. The van der Waals surface area contributed by atoms with Gasteiger partial charge in [0, 0.05) is 6.42 Å². The molecule has 0 aliphatic carbocycles. The van der Waals surface area contributed by atoms with Crippen molar-refractivity contribution in [1.82, 2.24) is 0 Å². The van der Waals surface area contributed by atoms with E-state index in [2.05, 4.69) is 24.3 Å². The standard InChI is InChI=1S/C12H11NS/c13-12(14)8-10-6-3-5-9-4-1-2-7-11(9)10/h1-7H,8H2,(H2,13,14). The van der Waals surface area contributed by atoms with E-state index in [-0.39, 0.29) is 0 Å². The molecular weight excluding hydrogens is 190 g/mol. The first-order valence-electron chi connectivity index (χ1n) is 4.52. The van der Waals surface area contributed by atoms with Gasteiger partial charge in [-0.1, -0.05) is 54.7 Å². The highest BCUT2D eigenvalue weighted by Gasteiger charge is 2.00. The average molecular weight is 201 g/mol. The van der Waals surface area contributed by atoms with Crippen LogP contribution in [0.2, 0.25) is 0 Å². The fraction of sp³-hybridized carbons (Fsp3) is 0.0833. The van der Waals surface area contributed by atoms with Crippen molar-refractivity contribution in [3.63, 3.8) is 0 Å². The van der Waals surface area contributed by atoms with Gasteiger partial charge in [0.25, 0.3) is 0 Å². The Morgan fingerprint density at radius 1 is 1.07 bits per heavy atom. The topological polar surface area (TPSA) is 26.0 Å². The van der Waals surface area contributed by atoms with Gasteiger partial charge in [-0.25, -0.2) is 0 Å². The first-order valence-corrected chi connectivity index (χ1v) is 4.93. The summed E-state index contributed by atoms with van der Waals surface area (Å²) < 4.78 is 0. The average Bonchev–Trinajstić information content (AvgIpc) is 2.18. The second kappa shape index (κ2) is 3.76. The molecule has 0 aliphatic heterocycles. The van der Waals surface area contributed by atoms with Crippen LogP contribution in [0.5, 0.6) is 0 Å². The highest BCUT2D eigenvalue weighted by Crippen LogP contribution is 2.18. The summed E-state index contributed by atoms with van der Waals surface area (Å²) in [7, 11) is 0. The molecular formula is C12H11NS. The van der Waals surface area contributed by atoms with Crippen LogP contribution in [-0.4, -0.2) is 4.99 Å². The molecule has 70 valence electrons. The highest BCUT2D eigenvalue weighted by molar-refractivity contribution is 7.80. The quantitative estimate of drug-likeness (QED) is 0.756. The molecule has 2 aromatic carbocycles. The molecule has 1 nitrogen and oxygen atoms in total. The SMILES string of the molecule is NC(=S)Cc1cccc2ccccc12. The van der Waals surface area contributed by atoms with Crippen molar-refractivity contribution in [2.24, 2.45) is 5.73 Å². The Morgan fingerprint density at radius 2 is 1.79 bits per heavy atom. The summed E-state index contributed by atoms with van der Waals surface area (Å²) in [6, 6.07) is 14.5. The second-order valence-corrected chi connectivity index (χ2v) is 3.81. The molecule has 0 heterocycles. The molecule has 0 radical (unpaired) electrons. The van der Waals surface area contributed by atoms with Crippen LogP contribution in [0.15, 0.2) is 42.5 Å². The summed E-state index contributed by atoms with van der Waals surface area (Å²) in [5.74, 6) is 0. The highest BCUT2D eigenvalue weighted by atomic mass is 32.1. The maximum atomic E-state index is 5.55. The Hall–Kier alpha value is -1.41. The van der Waals surface area contributed by atoms with Gasteiger partial charge in [-0.15, -0.1) is 0 Å². The zero-order valence-electron chi connectivity index (χ0n) is 7.73. The molecule has 2 rings (SSSR count). The van der Waals surface area contributed by atoms with Gasteiger partial charge in [0.2, 0.25) is 0 Å². The zero-order valence-corrected chi connectivity index (χ0v) is 8.55. The van der Waals surface area contributed by atoms with E-state index in [0.29, 0.717) is 11.4 Å². The summed E-state index contributed by atoms with van der Waals surface area (Å²) in [6.07, 6.45) is 0.677. The minimum Gasteiger partial charge on any atom is -0.393 e. The van der Waals surface area contributed by atoms with Crippen LogP contribution in [0, 0.1) is 0 Å². The molecule has 0 unspecified atom stereocenters. The molecule has 2 aromatic rings. The number of hydrogen-bond donors (Lipinski definition) is 1. The van der Waals surface area contributed by atoms with Crippen LogP contribution in [0.25, 0.3) is 10.8 Å². The first kappa shape index (κ1) is 9.16. The van der Waals surface area contributed by atoms with Gasteiger partial charge in [0.15, 0.2) is 0 Å². The zero-order chi connectivity index (χ0) is 9.97. The number of benzene rings is 2. The van der Waals surface area contributed by atoms with Crippen molar-refractivity contribution < 1.29 is 0 Å². The first-order chi connectivity index (χ1) is 6.77. The summed E-state index contributed by atoms with van der Waals surface area (Å²) in [5.41, 5.74) is 6.75. The Balaban J connectivity index is 2.59. The van der Waals surface area contributed by atoms with Gasteiger partial charge in [-0.3, -0.25) is 0 Å². The van der Waals surface area contributed by atoms with E-state index in [1.54, 1.807) is 0 Å². The van der Waals surface area contributed by atoms with Crippen LogP contribution in [0.1, 0.15) is 5.56 Å². The Morgan fingerprint density at radius 3 is 2.57 bits per heavy atom. The van der Waals surface area contributed by atoms with Gasteiger partial charge in [-0.2, -0.15) is 0 Å². The molecule has 0 aromatic heterocycles. The molecule has 0 amide bonds. The van der Waals surface area contributed by atoms with Crippen LogP contribution in [0.4, 0.5) is 0 Å². The van der Waals surface area contributed by atoms with E-state index in [1.165, 1.54) is 16.3 Å². The van der Waals surface area contributed by atoms with E-state index in [4.69, 9.17) is 18.0 Å². The summed E-state index contributed by atoms with van der Waals surface area (Å²) in [5, 5.41) is 2.48. The van der Waals surface area contributed by atoms with Crippen molar-refractivity contribution in [2.75, 3.05) is 0 Å². The molecule has 0 saturated carbocycles. The molecule has 0 atom stereocenters. The lowest BCUT2D eigenvalue weighted by atomic mass is 10.0. The van der Waals surface area contributed by atoms with Crippen LogP contribution in [-0.2, 0) is 6.42 Å². The van der Waals surface area contributed by atoms with Crippen LogP contribution in [0.3, 0.4) is 0 Å². The van der Waals surface area contributed by atoms with Gasteiger partial charge in [0.1, 0.15) is 0 Å².